The number of rotatable bonds is 4. The summed E-state index contributed by atoms with van der Waals surface area (Å²) in [6.07, 6.45) is 4.56. The topological polar surface area (TPSA) is 71.2 Å². The molecule has 0 bridgehead atoms. The van der Waals surface area contributed by atoms with E-state index in [1.807, 2.05) is 20.0 Å². The zero-order chi connectivity index (χ0) is 14.3. The molecule has 1 saturated carbocycles. The number of hydrogen-bond acceptors (Lipinski definition) is 4. The van der Waals surface area contributed by atoms with Crippen LogP contribution in [-0.4, -0.2) is 50.1 Å². The molecule has 2 fully saturated rings. The minimum absolute atomic E-state index is 0.0452. The molecule has 2 aliphatic rings. The van der Waals surface area contributed by atoms with Crippen molar-refractivity contribution in [1.82, 2.24) is 19.9 Å². The first kappa shape index (κ1) is 13.5. The molecule has 1 aliphatic heterocycles. The Balaban J connectivity index is 1.78. The normalized spacial score (nSPS) is 24.4. The van der Waals surface area contributed by atoms with Crippen molar-refractivity contribution in [3.8, 4) is 0 Å². The van der Waals surface area contributed by atoms with E-state index in [0.717, 1.165) is 5.69 Å². The molecule has 2 atom stereocenters. The molecule has 0 radical (unpaired) electrons. The Morgan fingerprint density at radius 2 is 2.15 bits per heavy atom. The number of β-amino-alcohol motifs (C(OH)–C–C–N with tert-alkyl or cyclic N) is 1. The molecular weight excluding hydrogens is 256 g/mol. The van der Waals surface area contributed by atoms with Gasteiger partial charge in [0.15, 0.2) is 0 Å². The second-order valence-electron chi connectivity index (χ2n) is 6.31. The number of nitrogens with zero attached hydrogens (tertiary/aromatic N) is 4. The Kier molecular flexibility index (Phi) is 3.50. The summed E-state index contributed by atoms with van der Waals surface area (Å²) in [6.45, 7) is 5.11. The molecule has 0 unspecified atom stereocenters. The van der Waals surface area contributed by atoms with Crippen LogP contribution in [-0.2, 0) is 4.79 Å². The monoisotopic (exact) mass is 278 g/mol. The standard InChI is InChI=1S/C14H22N4O2/c1-9(2)13(14(20)17-6-5-11(19)7-17)18-8-12(15-16-18)10-3-4-10/h8-11,13,19H,3-7H2,1-2H3/t11-,13+/m1/s1. The van der Waals surface area contributed by atoms with Gasteiger partial charge in [0.1, 0.15) is 6.04 Å². The van der Waals surface area contributed by atoms with Crippen molar-refractivity contribution in [1.29, 1.82) is 0 Å². The van der Waals surface area contributed by atoms with Crippen molar-refractivity contribution in [3.63, 3.8) is 0 Å². The minimum Gasteiger partial charge on any atom is -0.391 e. The van der Waals surface area contributed by atoms with Gasteiger partial charge in [0.2, 0.25) is 5.91 Å². The molecule has 6 nitrogen and oxygen atoms in total. The van der Waals surface area contributed by atoms with Gasteiger partial charge in [-0.1, -0.05) is 19.1 Å². The maximum absolute atomic E-state index is 12.7. The van der Waals surface area contributed by atoms with E-state index in [1.165, 1.54) is 12.8 Å². The van der Waals surface area contributed by atoms with E-state index in [4.69, 9.17) is 0 Å². The smallest absolute Gasteiger partial charge is 0.247 e. The minimum atomic E-state index is -0.385. The summed E-state index contributed by atoms with van der Waals surface area (Å²) < 4.78 is 1.71. The number of aliphatic hydroxyl groups is 1. The predicted molar refractivity (Wildman–Crippen MR) is 73.1 cm³/mol. The van der Waals surface area contributed by atoms with Gasteiger partial charge in [-0.2, -0.15) is 0 Å². The van der Waals surface area contributed by atoms with Crippen LogP contribution >= 0.6 is 0 Å². The Morgan fingerprint density at radius 1 is 1.40 bits per heavy atom. The van der Waals surface area contributed by atoms with E-state index in [1.54, 1.807) is 9.58 Å². The average molecular weight is 278 g/mol. The first-order valence-electron chi connectivity index (χ1n) is 7.45. The summed E-state index contributed by atoms with van der Waals surface area (Å²) in [5, 5.41) is 18.0. The summed E-state index contributed by atoms with van der Waals surface area (Å²) in [6, 6.07) is -0.319. The van der Waals surface area contributed by atoms with Crippen molar-refractivity contribution in [3.05, 3.63) is 11.9 Å². The molecular formula is C14H22N4O2. The largest absolute Gasteiger partial charge is 0.391 e. The average Bonchev–Trinajstić information content (AvgIpc) is 2.98. The number of aromatic nitrogens is 3. The van der Waals surface area contributed by atoms with Crippen LogP contribution in [0.1, 0.15) is 50.8 Å². The second-order valence-corrected chi connectivity index (χ2v) is 6.31. The van der Waals surface area contributed by atoms with Crippen LogP contribution in [0, 0.1) is 5.92 Å². The molecule has 1 aromatic rings. The predicted octanol–water partition coefficient (Wildman–Crippen LogP) is 0.946. The molecule has 1 saturated heterocycles. The Labute approximate surface area is 118 Å². The summed E-state index contributed by atoms with van der Waals surface area (Å²) in [5.41, 5.74) is 1.00. The van der Waals surface area contributed by atoms with Gasteiger partial charge in [0, 0.05) is 25.2 Å². The van der Waals surface area contributed by atoms with Crippen LogP contribution in [0.5, 0.6) is 0 Å². The molecule has 20 heavy (non-hydrogen) atoms. The number of carbonyl (C=O) groups is 1. The quantitative estimate of drug-likeness (QED) is 0.890. The van der Waals surface area contributed by atoms with Crippen molar-refractivity contribution < 1.29 is 9.90 Å². The highest BCUT2D eigenvalue weighted by Crippen LogP contribution is 2.39. The molecule has 0 spiro atoms. The van der Waals surface area contributed by atoms with Gasteiger partial charge in [0.05, 0.1) is 11.8 Å². The van der Waals surface area contributed by atoms with Crippen molar-refractivity contribution in [2.45, 2.75) is 51.2 Å². The Bertz CT molecular complexity index is 495. The molecule has 6 heteroatoms. The summed E-state index contributed by atoms with van der Waals surface area (Å²) >= 11 is 0. The fraction of sp³-hybridized carbons (Fsp3) is 0.786. The van der Waals surface area contributed by atoms with Crippen molar-refractivity contribution in [2.75, 3.05) is 13.1 Å². The number of amides is 1. The van der Waals surface area contributed by atoms with Crippen molar-refractivity contribution >= 4 is 5.91 Å². The van der Waals surface area contributed by atoms with Gasteiger partial charge in [-0.05, 0) is 25.2 Å². The third-order valence-electron chi connectivity index (χ3n) is 4.17. The SMILES string of the molecule is CC(C)[C@@H](C(=O)N1CC[C@@H](O)C1)n1cc(C2CC2)nn1. The second kappa shape index (κ2) is 5.16. The first-order valence-corrected chi connectivity index (χ1v) is 7.45. The fourth-order valence-electron chi connectivity index (χ4n) is 2.83. The van der Waals surface area contributed by atoms with Gasteiger partial charge < -0.3 is 10.0 Å². The van der Waals surface area contributed by atoms with E-state index >= 15 is 0 Å². The highest BCUT2D eigenvalue weighted by atomic mass is 16.3. The van der Waals surface area contributed by atoms with Crippen LogP contribution in [0.4, 0.5) is 0 Å². The molecule has 1 aliphatic carbocycles. The van der Waals surface area contributed by atoms with Crippen LogP contribution in [0.3, 0.4) is 0 Å². The molecule has 110 valence electrons. The molecule has 2 heterocycles. The van der Waals surface area contributed by atoms with E-state index in [-0.39, 0.29) is 24.0 Å². The highest BCUT2D eigenvalue weighted by Gasteiger charge is 2.34. The number of likely N-dealkylation sites (tertiary alicyclic amines) is 1. The van der Waals surface area contributed by atoms with E-state index in [0.29, 0.717) is 25.4 Å². The zero-order valence-electron chi connectivity index (χ0n) is 12.1. The fourth-order valence-corrected chi connectivity index (χ4v) is 2.83. The third-order valence-corrected chi connectivity index (χ3v) is 4.17. The Hall–Kier alpha value is -1.43. The lowest BCUT2D eigenvalue weighted by atomic mass is 10.0. The first-order chi connectivity index (χ1) is 9.56. The van der Waals surface area contributed by atoms with E-state index in [2.05, 4.69) is 10.3 Å². The molecule has 0 aromatic carbocycles. The molecule has 1 aromatic heterocycles. The van der Waals surface area contributed by atoms with Crippen LogP contribution in [0.15, 0.2) is 6.20 Å². The summed E-state index contributed by atoms with van der Waals surface area (Å²) in [4.78, 5) is 14.4. The Morgan fingerprint density at radius 3 is 2.70 bits per heavy atom. The lowest BCUT2D eigenvalue weighted by Crippen LogP contribution is -2.38. The molecule has 1 amide bonds. The number of carbonyl (C=O) groups excluding carboxylic acids is 1. The van der Waals surface area contributed by atoms with Gasteiger partial charge >= 0.3 is 0 Å². The number of hydrogen-bond donors (Lipinski definition) is 1. The maximum atomic E-state index is 12.7. The lowest BCUT2D eigenvalue weighted by Gasteiger charge is -2.25. The lowest BCUT2D eigenvalue weighted by molar-refractivity contribution is -0.135. The highest BCUT2D eigenvalue weighted by molar-refractivity contribution is 5.81. The third kappa shape index (κ3) is 2.57. The summed E-state index contributed by atoms with van der Waals surface area (Å²) in [7, 11) is 0. The van der Waals surface area contributed by atoms with Gasteiger partial charge in [-0.25, -0.2) is 4.68 Å². The zero-order valence-corrected chi connectivity index (χ0v) is 12.1. The van der Waals surface area contributed by atoms with Crippen molar-refractivity contribution in [2.24, 2.45) is 5.92 Å². The van der Waals surface area contributed by atoms with Crippen LogP contribution in [0.25, 0.3) is 0 Å². The maximum Gasteiger partial charge on any atom is 0.247 e. The van der Waals surface area contributed by atoms with E-state index < -0.39 is 0 Å². The van der Waals surface area contributed by atoms with Crippen LogP contribution in [0.2, 0.25) is 0 Å². The number of aliphatic hydroxyl groups excluding tert-OH is 1. The van der Waals surface area contributed by atoms with E-state index in [9.17, 15) is 9.90 Å². The molecule has 1 N–H and O–H groups in total. The van der Waals surface area contributed by atoms with Gasteiger partial charge in [0.25, 0.3) is 0 Å². The van der Waals surface area contributed by atoms with Gasteiger partial charge in [-0.3, -0.25) is 4.79 Å². The summed E-state index contributed by atoms with van der Waals surface area (Å²) in [5.74, 6) is 0.734. The van der Waals surface area contributed by atoms with Gasteiger partial charge in [-0.15, -0.1) is 5.10 Å². The van der Waals surface area contributed by atoms with Crippen LogP contribution < -0.4 is 0 Å². The molecule has 3 rings (SSSR count).